The van der Waals surface area contributed by atoms with Gasteiger partial charge < -0.3 is 9.47 Å². The maximum absolute atomic E-state index is 12.9. The van der Waals surface area contributed by atoms with Gasteiger partial charge in [0.1, 0.15) is 10.4 Å². The summed E-state index contributed by atoms with van der Waals surface area (Å²) in [6.07, 6.45) is 1.63. The van der Waals surface area contributed by atoms with E-state index in [1.165, 1.54) is 10.4 Å². The minimum atomic E-state index is -3.67. The van der Waals surface area contributed by atoms with E-state index in [-0.39, 0.29) is 9.77 Å². The number of fused-ring (bicyclic) bond motifs is 1. The van der Waals surface area contributed by atoms with Crippen molar-refractivity contribution in [1.29, 1.82) is 0 Å². The van der Waals surface area contributed by atoms with Gasteiger partial charge in [0, 0.05) is 29.5 Å². The molecule has 1 aliphatic rings. The first-order valence-electron chi connectivity index (χ1n) is 8.71. The zero-order valence-electron chi connectivity index (χ0n) is 15.1. The number of aryl methyl sites for hydroxylation is 1. The zero-order valence-corrected chi connectivity index (χ0v) is 16.8. The Hall–Kier alpha value is -2.33. The fourth-order valence-electron chi connectivity index (χ4n) is 3.06. The minimum absolute atomic E-state index is 0.141. The number of sulfonamides is 1. The number of para-hydroxylation sites is 1. The Bertz CT molecular complexity index is 1130. The molecule has 0 atom stereocenters. The van der Waals surface area contributed by atoms with Crippen molar-refractivity contribution < 1.29 is 22.7 Å². The Morgan fingerprint density at radius 1 is 1.21 bits per heavy atom. The second-order valence-electron chi connectivity index (χ2n) is 6.27. The van der Waals surface area contributed by atoms with E-state index >= 15 is 0 Å². The summed E-state index contributed by atoms with van der Waals surface area (Å²) in [5, 5.41) is 0.853. The summed E-state index contributed by atoms with van der Waals surface area (Å²) in [5.74, 6) is -0.263. The smallest absolute Gasteiger partial charge is 0.353 e. The molecule has 0 unspecified atom stereocenters. The molecule has 2 aromatic heterocycles. The average molecular weight is 418 g/mol. The van der Waals surface area contributed by atoms with Crippen LogP contribution in [0, 0.1) is 6.92 Å². The number of nitrogens with zero attached hydrogens (tertiary/aromatic N) is 2. The van der Waals surface area contributed by atoms with Crippen LogP contribution in [0.15, 0.2) is 47.5 Å². The topological polar surface area (TPSA) is 85.8 Å². The molecule has 0 N–H and O–H groups in total. The van der Waals surface area contributed by atoms with Gasteiger partial charge in [0.25, 0.3) is 0 Å². The largest absolute Gasteiger partial charge is 0.420 e. The van der Waals surface area contributed by atoms with Gasteiger partial charge in [-0.3, -0.25) is 4.98 Å². The lowest BCUT2D eigenvalue weighted by atomic mass is 10.2. The van der Waals surface area contributed by atoms with E-state index < -0.39 is 16.0 Å². The number of hydrogen-bond acceptors (Lipinski definition) is 7. The Balaban J connectivity index is 1.62. The quantitative estimate of drug-likeness (QED) is 0.478. The van der Waals surface area contributed by atoms with Crippen molar-refractivity contribution in [2.45, 2.75) is 11.8 Å². The Morgan fingerprint density at radius 3 is 2.75 bits per heavy atom. The molecule has 1 saturated heterocycles. The minimum Gasteiger partial charge on any atom is -0.420 e. The standard InChI is InChI=1S/C19H18N2O5S2/c1-13-17(28(23,24)21-8-10-25-11-9-21)12-16(27-13)19(22)26-15-6-2-4-14-5-3-7-20-18(14)15/h2-7,12H,8-11H2,1H3. The fraction of sp³-hybridized carbons (Fsp3) is 0.263. The molecule has 0 amide bonds. The van der Waals surface area contributed by atoms with Gasteiger partial charge in [0.15, 0.2) is 5.75 Å². The van der Waals surface area contributed by atoms with E-state index in [9.17, 15) is 13.2 Å². The van der Waals surface area contributed by atoms with Crippen LogP contribution in [0.3, 0.4) is 0 Å². The van der Waals surface area contributed by atoms with Gasteiger partial charge >= 0.3 is 5.97 Å². The van der Waals surface area contributed by atoms with Gasteiger partial charge in [-0.1, -0.05) is 18.2 Å². The van der Waals surface area contributed by atoms with Crippen molar-refractivity contribution in [2.75, 3.05) is 26.3 Å². The summed E-state index contributed by atoms with van der Waals surface area (Å²) in [4.78, 5) is 17.8. The number of morpholine rings is 1. The van der Waals surface area contributed by atoms with Crippen LogP contribution in [0.1, 0.15) is 14.5 Å². The molecule has 1 aromatic carbocycles. The van der Waals surface area contributed by atoms with Gasteiger partial charge in [0.05, 0.1) is 18.1 Å². The molecule has 3 heterocycles. The van der Waals surface area contributed by atoms with E-state index in [1.807, 2.05) is 12.1 Å². The highest BCUT2D eigenvalue weighted by molar-refractivity contribution is 7.89. The first kappa shape index (κ1) is 19.0. The van der Waals surface area contributed by atoms with Gasteiger partial charge in [-0.25, -0.2) is 13.2 Å². The number of aromatic nitrogens is 1. The summed E-state index contributed by atoms with van der Waals surface area (Å²) in [5.41, 5.74) is 0.577. The zero-order chi connectivity index (χ0) is 19.7. The van der Waals surface area contributed by atoms with Crippen LogP contribution in [0.25, 0.3) is 10.9 Å². The van der Waals surface area contributed by atoms with Crippen molar-refractivity contribution in [3.63, 3.8) is 0 Å². The number of carbonyl (C=O) groups is 1. The van der Waals surface area contributed by atoms with Gasteiger partial charge in [-0.2, -0.15) is 4.31 Å². The van der Waals surface area contributed by atoms with Crippen LogP contribution in [-0.2, 0) is 14.8 Å². The SMILES string of the molecule is Cc1sc(C(=O)Oc2cccc3cccnc23)cc1S(=O)(=O)N1CCOCC1. The van der Waals surface area contributed by atoms with Crippen LogP contribution in [0.5, 0.6) is 5.75 Å². The number of esters is 1. The first-order valence-corrected chi connectivity index (χ1v) is 11.0. The third-order valence-electron chi connectivity index (χ3n) is 4.46. The first-order chi connectivity index (χ1) is 13.5. The summed E-state index contributed by atoms with van der Waals surface area (Å²) in [6.45, 7) is 3.03. The third kappa shape index (κ3) is 3.53. The molecule has 1 aliphatic heterocycles. The Morgan fingerprint density at radius 2 is 1.96 bits per heavy atom. The lowest BCUT2D eigenvalue weighted by Gasteiger charge is -2.25. The molecular weight excluding hydrogens is 400 g/mol. The number of carbonyl (C=O) groups excluding carboxylic acids is 1. The van der Waals surface area contributed by atoms with E-state index in [2.05, 4.69) is 4.98 Å². The molecule has 0 bridgehead atoms. The number of thiophene rings is 1. The van der Waals surface area contributed by atoms with Crippen LogP contribution >= 0.6 is 11.3 Å². The van der Waals surface area contributed by atoms with Crippen molar-refractivity contribution in [2.24, 2.45) is 0 Å². The predicted molar refractivity (Wildman–Crippen MR) is 105 cm³/mol. The molecule has 0 aliphatic carbocycles. The molecule has 0 saturated carbocycles. The average Bonchev–Trinajstić information content (AvgIpc) is 3.12. The molecule has 3 aromatic rings. The van der Waals surface area contributed by atoms with E-state index in [0.29, 0.717) is 42.4 Å². The molecule has 4 rings (SSSR count). The third-order valence-corrected chi connectivity index (χ3v) is 7.64. The second-order valence-corrected chi connectivity index (χ2v) is 9.43. The maximum atomic E-state index is 12.9. The highest BCUT2D eigenvalue weighted by atomic mass is 32.2. The van der Waals surface area contributed by atoms with Crippen LogP contribution in [-0.4, -0.2) is 50.0 Å². The lowest BCUT2D eigenvalue weighted by molar-refractivity contribution is 0.0729. The summed E-state index contributed by atoms with van der Waals surface area (Å²) in [7, 11) is -3.67. The van der Waals surface area contributed by atoms with Crippen molar-refractivity contribution >= 4 is 38.2 Å². The number of rotatable bonds is 4. The van der Waals surface area contributed by atoms with Crippen LogP contribution in [0.4, 0.5) is 0 Å². The molecule has 9 heteroatoms. The van der Waals surface area contributed by atoms with Crippen molar-refractivity contribution in [1.82, 2.24) is 9.29 Å². The molecule has 146 valence electrons. The molecular formula is C19H18N2O5S2. The number of benzene rings is 1. The monoisotopic (exact) mass is 418 g/mol. The number of ether oxygens (including phenoxy) is 2. The number of hydrogen-bond donors (Lipinski definition) is 0. The molecule has 28 heavy (non-hydrogen) atoms. The summed E-state index contributed by atoms with van der Waals surface area (Å²) in [6, 6.07) is 10.4. The lowest BCUT2D eigenvalue weighted by Crippen LogP contribution is -2.40. The van der Waals surface area contributed by atoms with E-state index in [1.54, 1.807) is 31.3 Å². The summed E-state index contributed by atoms with van der Waals surface area (Å²) < 4.78 is 37.9. The van der Waals surface area contributed by atoms with E-state index in [0.717, 1.165) is 16.7 Å². The normalized spacial score (nSPS) is 15.6. The Kier molecular flexibility index (Phi) is 5.15. The molecule has 1 fully saturated rings. The van der Waals surface area contributed by atoms with Gasteiger partial charge in [-0.05, 0) is 25.1 Å². The van der Waals surface area contributed by atoms with Crippen LogP contribution < -0.4 is 4.74 Å². The predicted octanol–water partition coefficient (Wildman–Crippen LogP) is 2.84. The van der Waals surface area contributed by atoms with Gasteiger partial charge in [0.2, 0.25) is 10.0 Å². The van der Waals surface area contributed by atoms with Gasteiger partial charge in [-0.15, -0.1) is 11.3 Å². The van der Waals surface area contributed by atoms with Crippen LogP contribution in [0.2, 0.25) is 0 Å². The molecule has 7 nitrogen and oxygen atoms in total. The Labute approximate surface area is 166 Å². The highest BCUT2D eigenvalue weighted by Crippen LogP contribution is 2.30. The molecule has 0 spiro atoms. The number of pyridine rings is 1. The van der Waals surface area contributed by atoms with E-state index in [4.69, 9.17) is 9.47 Å². The van der Waals surface area contributed by atoms with Crippen molar-refractivity contribution in [3.05, 3.63) is 52.3 Å². The maximum Gasteiger partial charge on any atom is 0.353 e. The molecule has 0 radical (unpaired) electrons. The fourth-order valence-corrected chi connectivity index (χ4v) is 5.90. The second kappa shape index (κ2) is 7.59. The summed E-state index contributed by atoms with van der Waals surface area (Å²) >= 11 is 1.11. The van der Waals surface area contributed by atoms with Crippen molar-refractivity contribution in [3.8, 4) is 5.75 Å². The highest BCUT2D eigenvalue weighted by Gasteiger charge is 2.30.